The average molecular weight is 349 g/mol. The number of aromatic nitrogens is 4. The second-order valence-corrected chi connectivity index (χ2v) is 6.96. The van der Waals surface area contributed by atoms with Crippen LogP contribution in [0.1, 0.15) is 27.9 Å². The second-order valence-electron chi connectivity index (χ2n) is 5.92. The number of benzene rings is 2. The average Bonchev–Trinajstić information content (AvgIpc) is 3.22. The molecule has 0 aliphatic carbocycles. The summed E-state index contributed by atoms with van der Waals surface area (Å²) < 4.78 is 1.87. The Kier molecular flexibility index (Phi) is 4.54. The summed E-state index contributed by atoms with van der Waals surface area (Å²) in [6.45, 7) is 0.593. The van der Waals surface area contributed by atoms with Gasteiger partial charge in [0.05, 0.1) is 0 Å². The first kappa shape index (κ1) is 15.9. The van der Waals surface area contributed by atoms with Crippen LogP contribution in [0.5, 0.6) is 0 Å². The highest BCUT2D eigenvalue weighted by Crippen LogP contribution is 2.28. The van der Waals surface area contributed by atoms with Gasteiger partial charge in [-0.15, -0.1) is 10.2 Å². The van der Waals surface area contributed by atoms with E-state index in [4.69, 9.17) is 5.73 Å². The number of hydrogen-bond donors (Lipinski definition) is 1. The van der Waals surface area contributed by atoms with Crippen molar-refractivity contribution in [1.29, 1.82) is 0 Å². The van der Waals surface area contributed by atoms with Crippen LogP contribution in [0.3, 0.4) is 0 Å². The predicted molar refractivity (Wildman–Crippen MR) is 99.8 cm³/mol. The van der Waals surface area contributed by atoms with Crippen molar-refractivity contribution in [2.45, 2.75) is 18.8 Å². The molecule has 0 saturated carbocycles. The molecular weight excluding hydrogens is 330 g/mol. The lowest BCUT2D eigenvalue weighted by molar-refractivity contribution is 0.714. The highest BCUT2D eigenvalue weighted by molar-refractivity contribution is 7.16. The fraction of sp³-hybridized carbons (Fsp3) is 0.211. The van der Waals surface area contributed by atoms with Gasteiger partial charge in [-0.05, 0) is 17.7 Å². The molecular formula is C19H19N5S. The monoisotopic (exact) mass is 349 g/mol. The summed E-state index contributed by atoms with van der Waals surface area (Å²) in [6.07, 6.45) is 1.52. The third-order valence-electron chi connectivity index (χ3n) is 4.25. The molecule has 0 fully saturated rings. The fourth-order valence-corrected chi connectivity index (χ4v) is 3.90. The van der Waals surface area contributed by atoms with Gasteiger partial charge in [-0.3, -0.25) is 0 Å². The van der Waals surface area contributed by atoms with Gasteiger partial charge in [0, 0.05) is 18.8 Å². The lowest BCUT2D eigenvalue weighted by Crippen LogP contribution is -2.09. The van der Waals surface area contributed by atoms with Gasteiger partial charge in [0.15, 0.2) is 5.82 Å². The molecule has 0 atom stereocenters. The van der Waals surface area contributed by atoms with Crippen LogP contribution in [-0.2, 0) is 12.8 Å². The van der Waals surface area contributed by atoms with E-state index in [-0.39, 0.29) is 5.92 Å². The zero-order chi connectivity index (χ0) is 17.1. The molecule has 0 unspecified atom stereocenters. The number of rotatable bonds is 6. The van der Waals surface area contributed by atoms with Crippen molar-refractivity contribution >= 4 is 16.3 Å². The molecule has 0 spiro atoms. The van der Waals surface area contributed by atoms with Gasteiger partial charge in [0.2, 0.25) is 4.96 Å². The van der Waals surface area contributed by atoms with E-state index in [2.05, 4.69) is 63.8 Å². The van der Waals surface area contributed by atoms with E-state index in [0.717, 1.165) is 28.6 Å². The Morgan fingerprint density at radius 3 is 2.16 bits per heavy atom. The molecule has 2 aromatic carbocycles. The van der Waals surface area contributed by atoms with E-state index >= 15 is 0 Å². The van der Waals surface area contributed by atoms with Crippen LogP contribution in [-0.4, -0.2) is 26.4 Å². The molecule has 4 rings (SSSR count). The number of nitrogens with two attached hydrogens (primary N) is 1. The third kappa shape index (κ3) is 3.31. The largest absolute Gasteiger partial charge is 0.330 e. The molecule has 0 bridgehead atoms. The summed E-state index contributed by atoms with van der Waals surface area (Å²) >= 11 is 1.56. The normalized spacial score (nSPS) is 11.4. The molecule has 4 aromatic rings. The zero-order valence-corrected chi connectivity index (χ0v) is 14.6. The van der Waals surface area contributed by atoms with E-state index in [1.165, 1.54) is 11.1 Å². The van der Waals surface area contributed by atoms with Gasteiger partial charge < -0.3 is 5.73 Å². The van der Waals surface area contributed by atoms with E-state index in [1.807, 2.05) is 16.6 Å². The Hall–Kier alpha value is -2.57. The van der Waals surface area contributed by atoms with Crippen LogP contribution in [0.25, 0.3) is 4.96 Å². The van der Waals surface area contributed by atoms with Crippen molar-refractivity contribution < 1.29 is 0 Å². The van der Waals surface area contributed by atoms with Crippen molar-refractivity contribution in [3.63, 3.8) is 0 Å². The maximum atomic E-state index is 5.64. The molecule has 6 heteroatoms. The fourth-order valence-electron chi connectivity index (χ4n) is 3.03. The van der Waals surface area contributed by atoms with E-state index in [9.17, 15) is 0 Å². The molecule has 2 heterocycles. The van der Waals surface area contributed by atoms with Gasteiger partial charge in [-0.25, -0.2) is 0 Å². The standard InChI is InChI=1S/C19H19N5S/c20-12-11-18-23-24-17(21-22-19(24)25-18)13-16(14-7-3-1-4-8-14)15-9-5-2-6-10-15/h1-10,16H,11-13,20H2. The van der Waals surface area contributed by atoms with Crippen LogP contribution in [0.4, 0.5) is 0 Å². The quantitative estimate of drug-likeness (QED) is 0.581. The molecule has 0 amide bonds. The minimum absolute atomic E-state index is 0.217. The van der Waals surface area contributed by atoms with Crippen LogP contribution in [0.2, 0.25) is 0 Å². The summed E-state index contributed by atoms with van der Waals surface area (Å²) in [5.74, 6) is 1.10. The number of nitrogens with zero attached hydrogens (tertiary/aromatic N) is 4. The maximum absolute atomic E-state index is 5.64. The lowest BCUT2D eigenvalue weighted by Gasteiger charge is -2.16. The van der Waals surface area contributed by atoms with Crippen molar-refractivity contribution in [3.8, 4) is 0 Å². The molecule has 5 nitrogen and oxygen atoms in total. The Morgan fingerprint density at radius 1 is 0.920 bits per heavy atom. The Bertz CT molecular complexity index is 906. The summed E-state index contributed by atoms with van der Waals surface area (Å²) in [5.41, 5.74) is 8.18. The van der Waals surface area contributed by atoms with Crippen LogP contribution >= 0.6 is 11.3 Å². The van der Waals surface area contributed by atoms with Gasteiger partial charge >= 0.3 is 0 Å². The second kappa shape index (κ2) is 7.13. The first-order chi connectivity index (χ1) is 12.3. The molecule has 126 valence electrons. The lowest BCUT2D eigenvalue weighted by atomic mass is 9.88. The first-order valence-electron chi connectivity index (χ1n) is 8.35. The maximum Gasteiger partial charge on any atom is 0.234 e. The van der Waals surface area contributed by atoms with Crippen LogP contribution < -0.4 is 5.73 Å². The van der Waals surface area contributed by atoms with E-state index in [0.29, 0.717) is 6.54 Å². The third-order valence-corrected chi connectivity index (χ3v) is 5.20. The van der Waals surface area contributed by atoms with Crippen molar-refractivity contribution in [2.24, 2.45) is 5.73 Å². The van der Waals surface area contributed by atoms with E-state index < -0.39 is 0 Å². The molecule has 25 heavy (non-hydrogen) atoms. The molecule has 0 radical (unpaired) electrons. The van der Waals surface area contributed by atoms with Crippen molar-refractivity contribution in [2.75, 3.05) is 6.54 Å². The Morgan fingerprint density at radius 2 is 1.56 bits per heavy atom. The van der Waals surface area contributed by atoms with Crippen molar-refractivity contribution in [3.05, 3.63) is 82.6 Å². The van der Waals surface area contributed by atoms with Gasteiger partial charge in [0.25, 0.3) is 0 Å². The van der Waals surface area contributed by atoms with E-state index in [1.54, 1.807) is 11.3 Å². The molecule has 0 aliphatic rings. The molecule has 2 N–H and O–H groups in total. The SMILES string of the molecule is NCCc1nn2c(CC(c3ccccc3)c3ccccc3)nnc2s1. The summed E-state index contributed by atoms with van der Waals surface area (Å²) in [6, 6.07) is 21.0. The van der Waals surface area contributed by atoms with Gasteiger partial charge in [-0.1, -0.05) is 72.0 Å². The van der Waals surface area contributed by atoms with Gasteiger partial charge in [0.1, 0.15) is 5.01 Å². The Labute approximate surface area is 150 Å². The first-order valence-corrected chi connectivity index (χ1v) is 9.17. The minimum atomic E-state index is 0.217. The molecule has 0 saturated heterocycles. The smallest absolute Gasteiger partial charge is 0.234 e. The molecule has 0 aliphatic heterocycles. The summed E-state index contributed by atoms with van der Waals surface area (Å²) in [5, 5.41) is 14.3. The zero-order valence-electron chi connectivity index (χ0n) is 13.7. The predicted octanol–water partition coefficient (Wildman–Crippen LogP) is 3.06. The molecule has 2 aromatic heterocycles. The Balaban J connectivity index is 1.72. The summed E-state index contributed by atoms with van der Waals surface area (Å²) in [7, 11) is 0. The van der Waals surface area contributed by atoms with Gasteiger partial charge in [-0.2, -0.15) is 9.61 Å². The van der Waals surface area contributed by atoms with Crippen molar-refractivity contribution in [1.82, 2.24) is 19.8 Å². The van der Waals surface area contributed by atoms with Crippen LogP contribution in [0.15, 0.2) is 60.7 Å². The number of hydrogen-bond acceptors (Lipinski definition) is 5. The highest BCUT2D eigenvalue weighted by atomic mass is 32.1. The highest BCUT2D eigenvalue weighted by Gasteiger charge is 2.19. The topological polar surface area (TPSA) is 69.1 Å². The number of fused-ring (bicyclic) bond motifs is 1. The minimum Gasteiger partial charge on any atom is -0.330 e. The van der Waals surface area contributed by atoms with Crippen LogP contribution in [0, 0.1) is 0 Å². The summed E-state index contributed by atoms with van der Waals surface area (Å²) in [4.78, 5) is 0.832.